The van der Waals surface area contributed by atoms with E-state index in [0.29, 0.717) is 12.5 Å². The second kappa shape index (κ2) is 8.33. The van der Waals surface area contributed by atoms with Crippen LogP contribution >= 0.6 is 0 Å². The van der Waals surface area contributed by atoms with E-state index in [-0.39, 0.29) is 6.61 Å². The standard InChI is InChI=1S/C26H27NO4/c1-16-7-8-23(30-15-18-9-11-29-12-10-18)24-19(14-28)13-21(27-25(16)24)26-17(2)20-5-3-4-6-22(20)31-26/h3-8,13,18,28H,9-12,14-15H2,1-2H3. The first-order valence-corrected chi connectivity index (χ1v) is 10.9. The molecule has 0 atom stereocenters. The van der Waals surface area contributed by atoms with Crippen molar-refractivity contribution in [2.24, 2.45) is 5.92 Å². The number of ether oxygens (including phenoxy) is 2. The van der Waals surface area contributed by atoms with Gasteiger partial charge in [0.05, 0.1) is 18.7 Å². The molecule has 4 aromatic rings. The summed E-state index contributed by atoms with van der Waals surface area (Å²) < 4.78 is 17.8. The highest BCUT2D eigenvalue weighted by Crippen LogP contribution is 2.37. The maximum atomic E-state index is 10.2. The van der Waals surface area contributed by atoms with Gasteiger partial charge in [-0.2, -0.15) is 0 Å². The Bertz CT molecular complexity index is 1240. The maximum Gasteiger partial charge on any atom is 0.156 e. The first-order valence-electron chi connectivity index (χ1n) is 10.9. The lowest BCUT2D eigenvalue weighted by atomic mass is 10.0. The van der Waals surface area contributed by atoms with Crippen LogP contribution in [0.25, 0.3) is 33.3 Å². The number of hydrogen-bond donors (Lipinski definition) is 1. The van der Waals surface area contributed by atoms with Crippen molar-refractivity contribution < 1.29 is 19.0 Å². The summed E-state index contributed by atoms with van der Waals surface area (Å²) >= 11 is 0. The Balaban J connectivity index is 1.59. The zero-order chi connectivity index (χ0) is 21.4. The number of aliphatic hydroxyl groups is 1. The fraction of sp³-hybridized carbons (Fsp3) is 0.346. The van der Waals surface area contributed by atoms with Crippen molar-refractivity contribution in [3.63, 3.8) is 0 Å². The molecule has 1 N–H and O–H groups in total. The lowest BCUT2D eigenvalue weighted by molar-refractivity contribution is 0.0500. The van der Waals surface area contributed by atoms with Crippen LogP contribution in [0.5, 0.6) is 5.75 Å². The summed E-state index contributed by atoms with van der Waals surface area (Å²) in [7, 11) is 0. The molecule has 0 amide bonds. The van der Waals surface area contributed by atoms with Gasteiger partial charge in [0, 0.05) is 29.5 Å². The molecular formula is C26H27NO4. The van der Waals surface area contributed by atoms with Crippen LogP contribution in [0.4, 0.5) is 0 Å². The highest BCUT2D eigenvalue weighted by Gasteiger charge is 2.20. The SMILES string of the molecule is Cc1c(-c2cc(CO)c3c(OCC4CCOCC4)ccc(C)c3n2)oc2ccccc12. The third kappa shape index (κ3) is 3.68. The molecule has 5 nitrogen and oxygen atoms in total. The van der Waals surface area contributed by atoms with E-state index in [2.05, 4.69) is 6.07 Å². The number of para-hydroxylation sites is 1. The van der Waals surface area contributed by atoms with Crippen LogP contribution in [-0.4, -0.2) is 29.9 Å². The number of aromatic nitrogens is 1. The third-order valence-electron chi connectivity index (χ3n) is 6.27. The van der Waals surface area contributed by atoms with Crippen LogP contribution in [0, 0.1) is 19.8 Å². The molecule has 1 aliphatic rings. The molecule has 0 radical (unpaired) electrons. The summed E-state index contributed by atoms with van der Waals surface area (Å²) in [5.41, 5.74) is 5.30. The first-order chi connectivity index (χ1) is 15.2. The van der Waals surface area contributed by atoms with Crippen molar-refractivity contribution in [1.29, 1.82) is 0 Å². The number of hydrogen-bond acceptors (Lipinski definition) is 5. The topological polar surface area (TPSA) is 64.7 Å². The molecule has 5 rings (SSSR count). The second-order valence-electron chi connectivity index (χ2n) is 8.35. The van der Waals surface area contributed by atoms with Crippen LogP contribution in [0.2, 0.25) is 0 Å². The fourth-order valence-electron chi connectivity index (χ4n) is 4.42. The Morgan fingerprint density at radius 1 is 1.10 bits per heavy atom. The highest BCUT2D eigenvalue weighted by atomic mass is 16.5. The van der Waals surface area contributed by atoms with Gasteiger partial charge in [0.15, 0.2) is 5.76 Å². The molecule has 0 unspecified atom stereocenters. The summed E-state index contributed by atoms with van der Waals surface area (Å²) in [5.74, 6) is 2.01. The van der Waals surface area contributed by atoms with Crippen molar-refractivity contribution in [1.82, 2.24) is 4.98 Å². The summed E-state index contributed by atoms with van der Waals surface area (Å²) in [6.45, 7) is 6.23. The number of pyridine rings is 1. The summed E-state index contributed by atoms with van der Waals surface area (Å²) in [5, 5.41) is 12.2. The molecule has 1 aliphatic heterocycles. The van der Waals surface area contributed by atoms with Crippen molar-refractivity contribution >= 4 is 21.9 Å². The zero-order valence-corrected chi connectivity index (χ0v) is 18.0. The monoisotopic (exact) mass is 417 g/mol. The number of fused-ring (bicyclic) bond motifs is 2. The smallest absolute Gasteiger partial charge is 0.156 e. The van der Waals surface area contributed by atoms with E-state index in [0.717, 1.165) is 81.8 Å². The van der Waals surface area contributed by atoms with Crippen LogP contribution in [0.3, 0.4) is 0 Å². The van der Waals surface area contributed by atoms with Crippen molar-refractivity contribution in [3.05, 3.63) is 59.2 Å². The van der Waals surface area contributed by atoms with Gasteiger partial charge in [-0.3, -0.25) is 0 Å². The first kappa shape index (κ1) is 20.0. The Hall–Kier alpha value is -2.89. The molecule has 0 spiro atoms. The number of furan rings is 1. The van der Waals surface area contributed by atoms with Gasteiger partial charge < -0.3 is 19.0 Å². The average Bonchev–Trinajstić information content (AvgIpc) is 3.15. The lowest BCUT2D eigenvalue weighted by Gasteiger charge is -2.23. The van der Waals surface area contributed by atoms with Crippen molar-refractivity contribution in [2.45, 2.75) is 33.3 Å². The Morgan fingerprint density at radius 2 is 1.90 bits per heavy atom. The number of nitrogens with zero attached hydrogens (tertiary/aromatic N) is 1. The van der Waals surface area contributed by atoms with Crippen molar-refractivity contribution in [3.8, 4) is 17.2 Å². The van der Waals surface area contributed by atoms with Gasteiger partial charge in [0.1, 0.15) is 17.0 Å². The van der Waals surface area contributed by atoms with Crippen LogP contribution < -0.4 is 4.74 Å². The fourth-order valence-corrected chi connectivity index (χ4v) is 4.42. The van der Waals surface area contributed by atoms with Gasteiger partial charge in [0.2, 0.25) is 0 Å². The van der Waals surface area contributed by atoms with Gasteiger partial charge in [0.25, 0.3) is 0 Å². The predicted molar refractivity (Wildman–Crippen MR) is 121 cm³/mol. The zero-order valence-electron chi connectivity index (χ0n) is 18.0. The lowest BCUT2D eigenvalue weighted by Crippen LogP contribution is -2.21. The molecule has 0 saturated carbocycles. The maximum absolute atomic E-state index is 10.2. The molecule has 31 heavy (non-hydrogen) atoms. The minimum Gasteiger partial charge on any atom is -0.493 e. The number of benzene rings is 2. The Kier molecular flexibility index (Phi) is 5.38. The minimum absolute atomic E-state index is 0.0949. The normalized spacial score (nSPS) is 15.1. The molecule has 0 aliphatic carbocycles. The van der Waals surface area contributed by atoms with Gasteiger partial charge >= 0.3 is 0 Å². The summed E-state index contributed by atoms with van der Waals surface area (Å²) in [6.07, 6.45) is 2.04. The molecule has 1 fully saturated rings. The quantitative estimate of drug-likeness (QED) is 0.460. The number of aryl methyl sites for hydroxylation is 2. The molecule has 3 heterocycles. The number of rotatable bonds is 5. The van der Waals surface area contributed by atoms with Gasteiger partial charge in [-0.05, 0) is 61.9 Å². The van der Waals surface area contributed by atoms with E-state index in [9.17, 15) is 5.11 Å². The highest BCUT2D eigenvalue weighted by molar-refractivity contribution is 5.94. The van der Waals surface area contributed by atoms with E-state index in [1.54, 1.807) is 0 Å². The second-order valence-corrected chi connectivity index (χ2v) is 8.35. The largest absolute Gasteiger partial charge is 0.493 e. The van der Waals surface area contributed by atoms with E-state index in [1.807, 2.05) is 50.2 Å². The van der Waals surface area contributed by atoms with Crippen LogP contribution in [0.15, 0.2) is 46.9 Å². The minimum atomic E-state index is -0.0949. The van der Waals surface area contributed by atoms with Gasteiger partial charge in [-0.1, -0.05) is 24.3 Å². The Morgan fingerprint density at radius 3 is 2.68 bits per heavy atom. The molecule has 5 heteroatoms. The number of aliphatic hydroxyl groups excluding tert-OH is 1. The molecule has 0 bridgehead atoms. The van der Waals surface area contributed by atoms with E-state index in [4.69, 9.17) is 18.9 Å². The Labute approximate surface area is 181 Å². The van der Waals surface area contributed by atoms with E-state index in [1.165, 1.54) is 0 Å². The summed E-state index contributed by atoms with van der Waals surface area (Å²) in [4.78, 5) is 4.96. The molecule has 2 aromatic carbocycles. The van der Waals surface area contributed by atoms with E-state index >= 15 is 0 Å². The van der Waals surface area contributed by atoms with E-state index < -0.39 is 0 Å². The summed E-state index contributed by atoms with van der Waals surface area (Å²) in [6, 6.07) is 13.9. The average molecular weight is 418 g/mol. The van der Waals surface area contributed by atoms with Crippen molar-refractivity contribution in [2.75, 3.05) is 19.8 Å². The van der Waals surface area contributed by atoms with Crippen LogP contribution in [0.1, 0.15) is 29.5 Å². The van der Waals surface area contributed by atoms with Gasteiger partial charge in [-0.15, -0.1) is 0 Å². The molecule has 2 aromatic heterocycles. The third-order valence-corrected chi connectivity index (χ3v) is 6.27. The van der Waals surface area contributed by atoms with Crippen LogP contribution in [-0.2, 0) is 11.3 Å². The molecule has 160 valence electrons. The predicted octanol–water partition coefficient (Wildman–Crippen LogP) is 5.56. The van der Waals surface area contributed by atoms with Gasteiger partial charge in [-0.25, -0.2) is 4.98 Å². The molecular weight excluding hydrogens is 390 g/mol. The molecule has 1 saturated heterocycles.